The van der Waals surface area contributed by atoms with Crippen LogP contribution in [-0.2, 0) is 24.5 Å². The fourth-order valence-electron chi connectivity index (χ4n) is 5.61. The molecule has 0 bridgehead atoms. The standard InChI is InChI=1S/C37H33ClN4O5/c1-24-28(23-46-35-18-34(29(21-43)17-33(35)38)45-22-27-7-3-6-26(16-27)19-39)8-4-9-30(24)31-10-5-11-32(25(31)2)37-40-36(47-41-37)20-42-12-14-44-15-13-42/h3-11,16-18,21H,12-15,20,22-23H2,1-2H3. The molecule has 2 heterocycles. The van der Waals surface area contributed by atoms with Crippen LogP contribution in [0.5, 0.6) is 11.5 Å². The van der Waals surface area contributed by atoms with Crippen LogP contribution in [-0.4, -0.2) is 47.6 Å². The maximum Gasteiger partial charge on any atom is 0.241 e. The summed E-state index contributed by atoms with van der Waals surface area (Å²) < 4.78 is 23.2. The summed E-state index contributed by atoms with van der Waals surface area (Å²) in [5, 5.41) is 13.8. The van der Waals surface area contributed by atoms with E-state index < -0.39 is 0 Å². The first-order valence-electron chi connectivity index (χ1n) is 15.3. The van der Waals surface area contributed by atoms with E-state index in [-0.39, 0.29) is 13.2 Å². The first-order valence-corrected chi connectivity index (χ1v) is 15.7. The molecule has 0 unspecified atom stereocenters. The molecule has 1 saturated heterocycles. The summed E-state index contributed by atoms with van der Waals surface area (Å²) in [7, 11) is 0. The number of nitriles is 1. The van der Waals surface area contributed by atoms with Crippen molar-refractivity contribution < 1.29 is 23.5 Å². The third kappa shape index (κ3) is 7.36. The van der Waals surface area contributed by atoms with Crippen LogP contribution in [0, 0.1) is 25.2 Å². The highest BCUT2D eigenvalue weighted by molar-refractivity contribution is 6.32. The lowest BCUT2D eigenvalue weighted by atomic mass is 9.91. The van der Waals surface area contributed by atoms with Crippen LogP contribution in [0.3, 0.4) is 0 Å². The summed E-state index contributed by atoms with van der Waals surface area (Å²) in [5.74, 6) is 1.89. The molecule has 10 heteroatoms. The molecule has 0 spiro atoms. The Balaban J connectivity index is 1.19. The van der Waals surface area contributed by atoms with Crippen molar-refractivity contribution in [2.75, 3.05) is 26.3 Å². The molecule has 0 radical (unpaired) electrons. The van der Waals surface area contributed by atoms with Crippen molar-refractivity contribution in [3.05, 3.63) is 117 Å². The highest BCUT2D eigenvalue weighted by Gasteiger charge is 2.19. The van der Waals surface area contributed by atoms with Crippen LogP contribution in [0.4, 0.5) is 0 Å². The van der Waals surface area contributed by atoms with Gasteiger partial charge in [-0.25, -0.2) is 0 Å². The van der Waals surface area contributed by atoms with E-state index in [0.29, 0.717) is 65.4 Å². The van der Waals surface area contributed by atoms with Crippen molar-refractivity contribution in [3.63, 3.8) is 0 Å². The lowest BCUT2D eigenvalue weighted by molar-refractivity contribution is 0.0297. The van der Waals surface area contributed by atoms with Gasteiger partial charge >= 0.3 is 0 Å². The second-order valence-electron chi connectivity index (χ2n) is 11.3. The van der Waals surface area contributed by atoms with Crippen molar-refractivity contribution in [2.45, 2.75) is 33.6 Å². The zero-order valence-electron chi connectivity index (χ0n) is 26.2. The van der Waals surface area contributed by atoms with Crippen LogP contribution >= 0.6 is 11.6 Å². The lowest BCUT2D eigenvalue weighted by Gasteiger charge is -2.24. The van der Waals surface area contributed by atoms with Crippen molar-refractivity contribution in [2.24, 2.45) is 0 Å². The van der Waals surface area contributed by atoms with Gasteiger partial charge in [-0.1, -0.05) is 65.3 Å². The van der Waals surface area contributed by atoms with Gasteiger partial charge in [-0.05, 0) is 65.4 Å². The number of rotatable bonds is 11. The van der Waals surface area contributed by atoms with Gasteiger partial charge in [0.1, 0.15) is 24.7 Å². The molecule has 0 atom stereocenters. The monoisotopic (exact) mass is 648 g/mol. The molecule has 1 fully saturated rings. The van der Waals surface area contributed by atoms with Crippen LogP contribution in [0.15, 0.2) is 77.3 Å². The fourth-order valence-corrected chi connectivity index (χ4v) is 5.83. The summed E-state index contributed by atoms with van der Waals surface area (Å²) in [5.41, 5.74) is 7.76. The van der Waals surface area contributed by atoms with Crippen LogP contribution in [0.1, 0.15) is 44.1 Å². The van der Waals surface area contributed by atoms with E-state index in [2.05, 4.69) is 42.1 Å². The number of morpholine rings is 1. The van der Waals surface area contributed by atoms with Crippen molar-refractivity contribution >= 4 is 17.9 Å². The zero-order valence-corrected chi connectivity index (χ0v) is 26.9. The number of aromatic nitrogens is 2. The van der Waals surface area contributed by atoms with Crippen molar-refractivity contribution in [3.8, 4) is 40.1 Å². The van der Waals surface area contributed by atoms with E-state index >= 15 is 0 Å². The van der Waals surface area contributed by atoms with Gasteiger partial charge in [0, 0.05) is 24.7 Å². The summed E-state index contributed by atoms with van der Waals surface area (Å²) in [4.78, 5) is 18.7. The normalized spacial score (nSPS) is 13.2. The highest BCUT2D eigenvalue weighted by atomic mass is 35.5. The molecule has 1 aliphatic heterocycles. The van der Waals surface area contributed by atoms with Gasteiger partial charge in [-0.2, -0.15) is 10.2 Å². The Hall–Kier alpha value is -5.01. The predicted molar refractivity (Wildman–Crippen MR) is 177 cm³/mol. The molecule has 238 valence electrons. The van der Waals surface area contributed by atoms with Crippen molar-refractivity contribution in [1.82, 2.24) is 15.0 Å². The number of aldehydes is 1. The Morgan fingerprint density at radius 2 is 1.64 bits per heavy atom. The molecule has 1 aromatic heterocycles. The van der Waals surface area contributed by atoms with Gasteiger partial charge in [0.2, 0.25) is 11.7 Å². The molecule has 0 aliphatic carbocycles. The average Bonchev–Trinajstić information content (AvgIpc) is 3.56. The average molecular weight is 649 g/mol. The summed E-state index contributed by atoms with van der Waals surface area (Å²) >= 11 is 6.52. The van der Waals surface area contributed by atoms with Crippen molar-refractivity contribution in [1.29, 1.82) is 5.26 Å². The van der Waals surface area contributed by atoms with Crippen LogP contribution < -0.4 is 9.47 Å². The molecule has 0 saturated carbocycles. The smallest absolute Gasteiger partial charge is 0.241 e. The van der Waals surface area contributed by atoms with E-state index in [0.717, 1.165) is 52.0 Å². The largest absolute Gasteiger partial charge is 0.488 e. The van der Waals surface area contributed by atoms with Crippen LogP contribution in [0.25, 0.3) is 22.5 Å². The Morgan fingerprint density at radius 3 is 2.43 bits per heavy atom. The fraction of sp³-hybridized carbons (Fsp3) is 0.243. The number of ether oxygens (including phenoxy) is 3. The summed E-state index contributed by atoms with van der Waals surface area (Å²) in [6.07, 6.45) is 0.695. The van der Waals surface area contributed by atoms with E-state index in [9.17, 15) is 10.1 Å². The van der Waals surface area contributed by atoms with Crippen LogP contribution in [0.2, 0.25) is 5.02 Å². The molecule has 6 rings (SSSR count). The molecule has 0 amide bonds. The van der Waals surface area contributed by atoms with Gasteiger partial charge in [0.25, 0.3) is 0 Å². The molecule has 0 N–H and O–H groups in total. The number of benzene rings is 4. The number of carbonyl (C=O) groups is 1. The topological polar surface area (TPSA) is 111 Å². The molecule has 9 nitrogen and oxygen atoms in total. The molecule has 1 aliphatic rings. The number of carbonyl (C=O) groups excluding carboxylic acids is 1. The van der Waals surface area contributed by atoms with E-state index in [1.54, 1.807) is 24.3 Å². The Morgan fingerprint density at radius 1 is 0.915 bits per heavy atom. The quantitative estimate of drug-likeness (QED) is 0.136. The van der Waals surface area contributed by atoms with Gasteiger partial charge in [-0.3, -0.25) is 9.69 Å². The second kappa shape index (κ2) is 14.6. The summed E-state index contributed by atoms with van der Waals surface area (Å²) in [6.45, 7) is 8.26. The molecular formula is C37H33ClN4O5. The third-order valence-corrected chi connectivity index (χ3v) is 8.56. The van der Waals surface area contributed by atoms with Gasteiger partial charge in [0.15, 0.2) is 6.29 Å². The Bertz CT molecular complexity index is 1940. The van der Waals surface area contributed by atoms with E-state index in [4.69, 9.17) is 35.3 Å². The third-order valence-electron chi connectivity index (χ3n) is 8.27. The maximum atomic E-state index is 11.8. The number of halogens is 1. The SMILES string of the molecule is Cc1c(COc2cc(OCc3cccc(C#N)c3)c(C=O)cc2Cl)cccc1-c1cccc(-c2noc(CN3CCOCC3)n2)c1C. The molecule has 4 aromatic carbocycles. The number of hydrogen-bond acceptors (Lipinski definition) is 9. The summed E-state index contributed by atoms with van der Waals surface area (Å²) in [6, 6.07) is 24.6. The number of nitrogens with zero attached hydrogens (tertiary/aromatic N) is 4. The second-order valence-corrected chi connectivity index (χ2v) is 11.7. The minimum absolute atomic E-state index is 0.177. The minimum atomic E-state index is 0.177. The van der Waals surface area contributed by atoms with Gasteiger partial charge in [-0.15, -0.1) is 0 Å². The maximum absolute atomic E-state index is 11.8. The predicted octanol–water partition coefficient (Wildman–Crippen LogP) is 7.35. The Kier molecular flexibility index (Phi) is 9.93. The molecular weight excluding hydrogens is 616 g/mol. The first kappa shape index (κ1) is 32.0. The van der Waals surface area contributed by atoms with Gasteiger partial charge < -0.3 is 18.7 Å². The Labute approximate surface area is 278 Å². The lowest BCUT2D eigenvalue weighted by Crippen LogP contribution is -2.35. The molecule has 47 heavy (non-hydrogen) atoms. The molecule has 5 aromatic rings. The van der Waals surface area contributed by atoms with E-state index in [1.165, 1.54) is 6.07 Å². The minimum Gasteiger partial charge on any atom is -0.488 e. The van der Waals surface area contributed by atoms with Gasteiger partial charge in [0.05, 0.1) is 42.0 Å². The number of hydrogen-bond donors (Lipinski definition) is 0. The van der Waals surface area contributed by atoms with E-state index in [1.807, 2.05) is 30.3 Å². The zero-order chi connectivity index (χ0) is 32.8. The highest BCUT2D eigenvalue weighted by Crippen LogP contribution is 2.36. The first-order chi connectivity index (χ1) is 22.9.